The van der Waals surface area contributed by atoms with E-state index in [1.165, 1.54) is 0 Å². The summed E-state index contributed by atoms with van der Waals surface area (Å²) in [6, 6.07) is 0. The number of hydrogen-bond acceptors (Lipinski definition) is 0. The summed E-state index contributed by atoms with van der Waals surface area (Å²) >= 11 is 0. The first-order chi connectivity index (χ1) is 0. The molecule has 0 aliphatic rings. The van der Waals surface area contributed by atoms with Crippen molar-refractivity contribution < 1.29 is 45.0 Å². The first-order valence-electron chi connectivity index (χ1n) is 0. The minimum atomic E-state index is 0. The van der Waals surface area contributed by atoms with Gasteiger partial charge in [-0.05, 0) is 0 Å². The molecule has 0 rings (SSSR count). The minimum absolute atomic E-state index is 0. The molecule has 0 bridgehead atoms. The number of hydrogen-bond donors (Lipinski definition) is 0. The van der Waals surface area contributed by atoms with E-state index in [-0.39, 0.29) is 121 Å². The predicted molar refractivity (Wildman–Crippen MR) is 22.8 cm³/mol. The van der Waals surface area contributed by atoms with Crippen LogP contribution in [0, 0.1) is 0 Å². The van der Waals surface area contributed by atoms with Crippen LogP contribution in [-0.4, -0.2) is 75.7 Å². The van der Waals surface area contributed by atoms with Crippen molar-refractivity contribution in [2.75, 3.05) is 0 Å². The van der Waals surface area contributed by atoms with Crippen molar-refractivity contribution in [1.29, 1.82) is 0 Å². The zero-order valence-electron chi connectivity index (χ0n) is 1.82. The van der Waals surface area contributed by atoms with Crippen molar-refractivity contribution in [1.82, 2.24) is 0 Å². The van der Waals surface area contributed by atoms with Crippen LogP contribution in [0.3, 0.4) is 0 Å². The van der Waals surface area contributed by atoms with Crippen LogP contribution < -0.4 is 0 Å². The van der Waals surface area contributed by atoms with Gasteiger partial charge in [-0.25, -0.2) is 0 Å². The van der Waals surface area contributed by atoms with E-state index in [2.05, 4.69) is 0 Å². The van der Waals surface area contributed by atoms with Crippen LogP contribution in [0.15, 0.2) is 0 Å². The van der Waals surface area contributed by atoms with Crippen LogP contribution in [0.2, 0.25) is 0 Å². The van der Waals surface area contributed by atoms with Crippen molar-refractivity contribution in [3.63, 3.8) is 0 Å². The first-order valence-corrected chi connectivity index (χ1v) is 0. The van der Waals surface area contributed by atoms with Crippen molar-refractivity contribution in [2.24, 2.45) is 0 Å². The van der Waals surface area contributed by atoms with Gasteiger partial charge in [0.2, 0.25) is 0 Å². The molecule has 5 heavy (non-hydrogen) atoms. The fourth-order valence-corrected chi connectivity index (χ4v) is 0. The summed E-state index contributed by atoms with van der Waals surface area (Å²) in [6.07, 6.45) is 0. The van der Waals surface area contributed by atoms with Crippen molar-refractivity contribution in [3.05, 3.63) is 0 Å². The molecule has 0 aliphatic heterocycles. The van der Waals surface area contributed by atoms with E-state index < -0.39 is 0 Å². The van der Waals surface area contributed by atoms with Crippen LogP contribution in [-0.2, 0) is 45.0 Å². The molecule has 0 nitrogen and oxygen atoms in total. The first kappa shape index (κ1) is 36.1. The van der Waals surface area contributed by atoms with Crippen LogP contribution in [0.5, 0.6) is 0 Å². The molecule has 0 amide bonds. The van der Waals surface area contributed by atoms with Gasteiger partial charge in [0.25, 0.3) is 0 Å². The fraction of sp³-hybridized carbons (Fsp3) is 0. The Balaban J connectivity index is 0. The third-order valence-corrected chi connectivity index (χ3v) is 0. The maximum absolute atomic E-state index is 0. The summed E-state index contributed by atoms with van der Waals surface area (Å²) < 4.78 is 0. The summed E-state index contributed by atoms with van der Waals surface area (Å²) in [5.74, 6) is 0. The Labute approximate surface area is 118 Å². The molecule has 0 saturated heterocycles. The van der Waals surface area contributed by atoms with E-state index in [1.54, 1.807) is 0 Å². The molecule has 0 aromatic carbocycles. The monoisotopic (exact) mass is 496 g/mol. The average molecular weight is 494 g/mol. The van der Waals surface area contributed by atoms with Gasteiger partial charge in [0, 0.05) is 45.0 Å². The second-order valence-electron chi connectivity index (χ2n) is 0. The Morgan fingerprint density at radius 1 is 1.00 bits per heavy atom. The zero-order chi connectivity index (χ0) is 0. The third-order valence-electron chi connectivity index (χ3n) is 0. The van der Waals surface area contributed by atoms with Gasteiger partial charge in [-0.2, -0.15) is 0 Å². The van der Waals surface area contributed by atoms with Crippen molar-refractivity contribution >= 4 is 75.7 Å². The van der Waals surface area contributed by atoms with Crippen LogP contribution in [0.4, 0.5) is 0 Å². The summed E-state index contributed by atoms with van der Waals surface area (Å²) in [5, 5.41) is 0. The van der Waals surface area contributed by atoms with Crippen LogP contribution in [0.25, 0.3) is 0 Å². The maximum atomic E-state index is 0. The van der Waals surface area contributed by atoms with Crippen molar-refractivity contribution in [3.8, 4) is 0 Å². The van der Waals surface area contributed by atoms with Gasteiger partial charge < -0.3 is 0 Å². The second-order valence-corrected chi connectivity index (χ2v) is 0. The zero-order valence-corrected chi connectivity index (χ0v) is 14.1. The predicted octanol–water partition coefficient (Wildman–Crippen LogP) is -2.22. The molecular formula is H4CrHgLiNaPb. The molecule has 2 radical (unpaired) electrons. The molecule has 0 fully saturated rings. The Hall–Kier alpha value is 3.99. The van der Waals surface area contributed by atoms with Crippen LogP contribution in [0.1, 0.15) is 0 Å². The van der Waals surface area contributed by atoms with Gasteiger partial charge in [0.05, 0.1) is 0 Å². The molecule has 0 N–H and O–H groups in total. The van der Waals surface area contributed by atoms with E-state index in [9.17, 15) is 0 Å². The second kappa shape index (κ2) is 24.5. The molecule has 0 atom stereocenters. The third kappa shape index (κ3) is 18.0. The van der Waals surface area contributed by atoms with E-state index in [1.807, 2.05) is 0 Å². The quantitative estimate of drug-likeness (QED) is 0.336. The molecule has 0 saturated carbocycles. The van der Waals surface area contributed by atoms with E-state index in [0.29, 0.717) is 0 Å². The standard InChI is InChI=1S/Cr.Hg.Li.Na.Pb.4H. The van der Waals surface area contributed by atoms with Gasteiger partial charge in [-0.15, -0.1) is 0 Å². The Morgan fingerprint density at radius 3 is 1.00 bits per heavy atom. The van der Waals surface area contributed by atoms with E-state index in [0.717, 1.165) is 0 Å². The molecule has 0 aromatic rings. The van der Waals surface area contributed by atoms with E-state index >= 15 is 0 Å². The molecule has 0 aromatic heterocycles. The topological polar surface area (TPSA) is 0 Å². The van der Waals surface area contributed by atoms with Crippen LogP contribution >= 0.6 is 0 Å². The number of rotatable bonds is 0. The summed E-state index contributed by atoms with van der Waals surface area (Å²) in [4.78, 5) is 0. The van der Waals surface area contributed by atoms with Gasteiger partial charge >= 0.3 is 75.7 Å². The van der Waals surface area contributed by atoms with Gasteiger partial charge in [-0.1, -0.05) is 0 Å². The molecule has 0 spiro atoms. The fourth-order valence-electron chi connectivity index (χ4n) is 0. The van der Waals surface area contributed by atoms with E-state index in [4.69, 9.17) is 0 Å². The Morgan fingerprint density at radius 2 is 1.00 bits per heavy atom. The molecule has 0 unspecified atom stereocenters. The summed E-state index contributed by atoms with van der Waals surface area (Å²) in [6.45, 7) is 0. The molecule has 5 heteroatoms. The summed E-state index contributed by atoms with van der Waals surface area (Å²) in [7, 11) is 0. The molecule has 0 aliphatic carbocycles. The normalized spacial score (nSPS) is 0. The molecular weight excluding hydrogens is 490 g/mol. The average Bonchev–Trinajstić information content (AvgIpc) is 0. The Bertz CT molecular complexity index is 11.6. The van der Waals surface area contributed by atoms with Gasteiger partial charge in [-0.3, -0.25) is 0 Å². The SMILES string of the molecule is [Cr].[Hg].[LiH].[NaH].[PbH2]. The summed E-state index contributed by atoms with van der Waals surface area (Å²) in [5.41, 5.74) is 0. The molecule has 18 valence electrons. The van der Waals surface area contributed by atoms with Gasteiger partial charge in [0.15, 0.2) is 0 Å². The van der Waals surface area contributed by atoms with Crippen molar-refractivity contribution in [2.45, 2.75) is 0 Å². The Kier molecular flexibility index (Phi) is 177. The molecule has 0 heterocycles. The van der Waals surface area contributed by atoms with Gasteiger partial charge in [0.1, 0.15) is 0 Å².